The zero-order chi connectivity index (χ0) is 17.3. The first-order valence-corrected chi connectivity index (χ1v) is 10.1. The number of nitrogens with one attached hydrogen (secondary N) is 1. The normalized spacial score (nSPS) is 17.7. The molecule has 1 aliphatic heterocycles. The number of sulfonamides is 1. The summed E-state index contributed by atoms with van der Waals surface area (Å²) in [6, 6.07) is 10.9. The van der Waals surface area contributed by atoms with E-state index in [9.17, 15) is 13.2 Å². The number of amides is 1. The second-order valence-corrected chi connectivity index (χ2v) is 8.32. The van der Waals surface area contributed by atoms with Crippen LogP contribution in [0.15, 0.2) is 46.9 Å². The summed E-state index contributed by atoms with van der Waals surface area (Å²) in [6.45, 7) is 1.51. The van der Waals surface area contributed by atoms with E-state index >= 15 is 0 Å². The molecule has 0 unspecified atom stereocenters. The first kappa shape index (κ1) is 16.7. The smallest absolute Gasteiger partial charge is 0.240 e. The number of nitrogens with zero attached hydrogens (tertiary/aromatic N) is 2. The van der Waals surface area contributed by atoms with E-state index < -0.39 is 10.0 Å². The molecule has 0 saturated heterocycles. The van der Waals surface area contributed by atoms with Gasteiger partial charge < -0.3 is 0 Å². The minimum atomic E-state index is -3.30. The van der Waals surface area contributed by atoms with Gasteiger partial charge in [-0.3, -0.25) is 9.52 Å². The number of hydrazone groups is 1. The molecule has 0 spiro atoms. The SMILES string of the molecule is CC(=O)N1N=C(c2ccc(NS(C)(=O)=O)cc2)C[C@H]1c1cccs1. The Morgan fingerprint density at radius 3 is 2.54 bits per heavy atom. The van der Waals surface area contributed by atoms with Crippen molar-refractivity contribution in [2.75, 3.05) is 11.0 Å². The second-order valence-electron chi connectivity index (χ2n) is 5.60. The van der Waals surface area contributed by atoms with Crippen LogP contribution in [-0.4, -0.2) is 31.3 Å². The molecule has 6 nitrogen and oxygen atoms in total. The number of thiophene rings is 1. The molecule has 0 saturated carbocycles. The van der Waals surface area contributed by atoms with Crippen molar-refractivity contribution in [3.8, 4) is 0 Å². The molecule has 0 radical (unpaired) electrons. The number of hydrogen-bond donors (Lipinski definition) is 1. The van der Waals surface area contributed by atoms with Gasteiger partial charge in [-0.15, -0.1) is 11.3 Å². The van der Waals surface area contributed by atoms with Crippen molar-refractivity contribution in [1.82, 2.24) is 5.01 Å². The standard InChI is InChI=1S/C16H17N3O3S2/c1-11(20)19-15(16-4-3-9-23-16)10-14(17-19)12-5-7-13(8-6-12)18-24(2,21)22/h3-9,15,18H,10H2,1-2H3/t15-/m0/s1. The van der Waals surface area contributed by atoms with Gasteiger partial charge in [0, 0.05) is 23.9 Å². The number of rotatable bonds is 4. The lowest BCUT2D eigenvalue weighted by molar-refractivity contribution is -0.130. The van der Waals surface area contributed by atoms with E-state index in [1.54, 1.807) is 23.5 Å². The number of hydrogen-bond acceptors (Lipinski definition) is 5. The van der Waals surface area contributed by atoms with Gasteiger partial charge in [-0.1, -0.05) is 18.2 Å². The van der Waals surface area contributed by atoms with Crippen LogP contribution in [0.2, 0.25) is 0 Å². The fourth-order valence-electron chi connectivity index (χ4n) is 2.62. The lowest BCUT2D eigenvalue weighted by Gasteiger charge is -2.18. The highest BCUT2D eigenvalue weighted by atomic mass is 32.2. The quantitative estimate of drug-likeness (QED) is 0.907. The van der Waals surface area contributed by atoms with Crippen molar-refractivity contribution in [2.24, 2.45) is 5.10 Å². The molecule has 0 aliphatic carbocycles. The topological polar surface area (TPSA) is 78.8 Å². The third kappa shape index (κ3) is 3.65. The number of benzene rings is 1. The Morgan fingerprint density at radius 2 is 2.00 bits per heavy atom. The van der Waals surface area contributed by atoms with E-state index in [-0.39, 0.29) is 11.9 Å². The van der Waals surface area contributed by atoms with Gasteiger partial charge in [-0.2, -0.15) is 5.10 Å². The Balaban J connectivity index is 1.84. The zero-order valence-electron chi connectivity index (χ0n) is 13.3. The van der Waals surface area contributed by atoms with Crippen LogP contribution in [0.5, 0.6) is 0 Å². The summed E-state index contributed by atoms with van der Waals surface area (Å²) >= 11 is 1.60. The van der Waals surface area contributed by atoms with E-state index in [1.165, 1.54) is 11.9 Å². The van der Waals surface area contributed by atoms with E-state index in [1.807, 2.05) is 29.6 Å². The summed E-state index contributed by atoms with van der Waals surface area (Å²) in [5.41, 5.74) is 2.19. The molecule has 1 aromatic heterocycles. The van der Waals surface area contributed by atoms with Crippen molar-refractivity contribution in [2.45, 2.75) is 19.4 Å². The first-order valence-electron chi connectivity index (χ1n) is 7.32. The van der Waals surface area contributed by atoms with Crippen LogP contribution in [-0.2, 0) is 14.8 Å². The number of carbonyl (C=O) groups excluding carboxylic acids is 1. The zero-order valence-corrected chi connectivity index (χ0v) is 14.9. The van der Waals surface area contributed by atoms with Crippen LogP contribution < -0.4 is 4.72 Å². The minimum absolute atomic E-state index is 0.0775. The van der Waals surface area contributed by atoms with Crippen LogP contribution in [0.3, 0.4) is 0 Å². The predicted molar refractivity (Wildman–Crippen MR) is 95.6 cm³/mol. The van der Waals surface area contributed by atoms with Gasteiger partial charge in [-0.25, -0.2) is 13.4 Å². The van der Waals surface area contributed by atoms with Crippen LogP contribution in [0.25, 0.3) is 0 Å². The average molecular weight is 363 g/mol. The van der Waals surface area contributed by atoms with Crippen molar-refractivity contribution in [3.05, 3.63) is 52.2 Å². The Hall–Kier alpha value is -2.19. The largest absolute Gasteiger partial charge is 0.284 e. The molecule has 1 aliphatic rings. The van der Waals surface area contributed by atoms with Gasteiger partial charge in [0.05, 0.1) is 18.0 Å². The molecule has 2 aromatic rings. The van der Waals surface area contributed by atoms with Crippen molar-refractivity contribution < 1.29 is 13.2 Å². The maximum atomic E-state index is 11.9. The van der Waals surface area contributed by atoms with Gasteiger partial charge in [0.2, 0.25) is 15.9 Å². The summed E-state index contributed by atoms with van der Waals surface area (Å²) in [6.07, 6.45) is 1.75. The van der Waals surface area contributed by atoms with Crippen LogP contribution in [0, 0.1) is 0 Å². The summed E-state index contributed by atoms with van der Waals surface area (Å²) in [5, 5.41) is 7.97. The van der Waals surface area contributed by atoms with Gasteiger partial charge in [0.1, 0.15) is 0 Å². The molecular formula is C16H17N3O3S2. The lowest BCUT2D eigenvalue weighted by Crippen LogP contribution is -2.23. The molecule has 1 amide bonds. The van der Waals surface area contributed by atoms with E-state index in [0.29, 0.717) is 12.1 Å². The monoisotopic (exact) mass is 363 g/mol. The Morgan fingerprint density at radius 1 is 1.29 bits per heavy atom. The molecule has 0 bridgehead atoms. The van der Waals surface area contributed by atoms with E-state index in [4.69, 9.17) is 0 Å². The van der Waals surface area contributed by atoms with E-state index in [0.717, 1.165) is 22.4 Å². The fourth-order valence-corrected chi connectivity index (χ4v) is 4.00. The van der Waals surface area contributed by atoms with Crippen LogP contribution >= 0.6 is 11.3 Å². The third-order valence-electron chi connectivity index (χ3n) is 3.63. The highest BCUT2D eigenvalue weighted by Crippen LogP contribution is 2.35. The van der Waals surface area contributed by atoms with Crippen LogP contribution in [0.1, 0.15) is 29.8 Å². The Bertz CT molecular complexity index is 872. The first-order chi connectivity index (χ1) is 11.3. The predicted octanol–water partition coefficient (Wildman–Crippen LogP) is 2.82. The molecule has 24 heavy (non-hydrogen) atoms. The number of anilines is 1. The van der Waals surface area contributed by atoms with Gasteiger partial charge in [-0.05, 0) is 29.1 Å². The van der Waals surface area contributed by atoms with Gasteiger partial charge in [0.15, 0.2) is 0 Å². The van der Waals surface area contributed by atoms with Crippen molar-refractivity contribution in [1.29, 1.82) is 0 Å². The molecule has 3 rings (SSSR count). The van der Waals surface area contributed by atoms with Crippen molar-refractivity contribution in [3.63, 3.8) is 0 Å². The maximum Gasteiger partial charge on any atom is 0.240 e. The highest BCUT2D eigenvalue weighted by Gasteiger charge is 2.31. The lowest BCUT2D eigenvalue weighted by atomic mass is 10.0. The molecule has 0 fully saturated rings. The van der Waals surface area contributed by atoms with Crippen LogP contribution in [0.4, 0.5) is 5.69 Å². The number of carbonyl (C=O) groups is 1. The summed E-state index contributed by atoms with van der Waals surface area (Å²) < 4.78 is 24.9. The maximum absolute atomic E-state index is 11.9. The average Bonchev–Trinajstić information content (AvgIpc) is 3.15. The molecule has 8 heteroatoms. The summed E-state index contributed by atoms with van der Waals surface area (Å²) in [4.78, 5) is 13.0. The molecule has 1 N–H and O–H groups in total. The van der Waals surface area contributed by atoms with E-state index in [2.05, 4.69) is 9.82 Å². The van der Waals surface area contributed by atoms with Gasteiger partial charge >= 0.3 is 0 Å². The minimum Gasteiger partial charge on any atom is -0.284 e. The molecule has 1 atom stereocenters. The second kappa shape index (κ2) is 6.37. The Kier molecular flexibility index (Phi) is 4.42. The van der Waals surface area contributed by atoms with Crippen molar-refractivity contribution >= 4 is 38.7 Å². The Labute approximate surface area is 144 Å². The molecular weight excluding hydrogens is 346 g/mol. The highest BCUT2D eigenvalue weighted by molar-refractivity contribution is 7.92. The summed E-state index contributed by atoms with van der Waals surface area (Å²) in [7, 11) is -3.30. The third-order valence-corrected chi connectivity index (χ3v) is 5.21. The molecule has 2 heterocycles. The van der Waals surface area contributed by atoms with Gasteiger partial charge in [0.25, 0.3) is 0 Å². The molecule has 126 valence electrons. The summed E-state index contributed by atoms with van der Waals surface area (Å²) in [5.74, 6) is -0.0984. The molecule has 1 aromatic carbocycles. The fraction of sp³-hybridized carbons (Fsp3) is 0.250.